The van der Waals surface area contributed by atoms with Crippen LogP contribution >= 0.6 is 0 Å². The molecule has 1 aliphatic rings. The molecule has 28 heavy (non-hydrogen) atoms. The van der Waals surface area contributed by atoms with Crippen LogP contribution in [0.3, 0.4) is 0 Å². The van der Waals surface area contributed by atoms with E-state index in [2.05, 4.69) is 10.3 Å². The van der Waals surface area contributed by atoms with Crippen LogP contribution in [0.4, 0.5) is 14.5 Å². The van der Waals surface area contributed by atoms with Crippen LogP contribution in [0.25, 0.3) is 16.7 Å². The van der Waals surface area contributed by atoms with E-state index in [1.165, 1.54) is 15.2 Å². The lowest BCUT2D eigenvalue weighted by Crippen LogP contribution is -2.48. The Morgan fingerprint density at radius 1 is 1.04 bits per heavy atom. The van der Waals surface area contributed by atoms with E-state index < -0.39 is 27.4 Å². The molecule has 0 atom stereocenters. The summed E-state index contributed by atoms with van der Waals surface area (Å²) in [6.07, 6.45) is 1.20. The minimum atomic E-state index is -3.19. The Morgan fingerprint density at radius 2 is 1.64 bits per heavy atom. The Kier molecular flexibility index (Phi) is 4.42. The van der Waals surface area contributed by atoms with E-state index >= 15 is 0 Å². The molecule has 2 heterocycles. The Bertz CT molecular complexity index is 1140. The third-order valence-corrected chi connectivity index (χ3v) is 6.07. The number of phenols is 1. The maximum absolute atomic E-state index is 14.3. The predicted octanol–water partition coefficient (Wildman–Crippen LogP) is 1.49. The molecule has 2 aromatic carbocycles. The number of fused-ring (bicyclic) bond motifs is 1. The van der Waals surface area contributed by atoms with Crippen molar-refractivity contribution in [1.82, 2.24) is 19.3 Å². The predicted molar refractivity (Wildman–Crippen MR) is 99.1 cm³/mol. The second-order valence-corrected chi connectivity index (χ2v) is 8.54. The summed E-state index contributed by atoms with van der Waals surface area (Å²) in [5.41, 5.74) is 1.25. The smallest absolute Gasteiger partial charge is 0.211 e. The third kappa shape index (κ3) is 3.16. The maximum atomic E-state index is 14.3. The first kappa shape index (κ1) is 18.6. The zero-order valence-electron chi connectivity index (χ0n) is 14.9. The first-order chi connectivity index (χ1) is 13.3. The van der Waals surface area contributed by atoms with Crippen LogP contribution < -0.4 is 4.90 Å². The van der Waals surface area contributed by atoms with Gasteiger partial charge in [-0.05, 0) is 24.3 Å². The number of halogens is 2. The SMILES string of the molecule is CS(=O)(=O)N1CCN(c2ccc(-n3nnc4cc(F)c(O)c(F)c43)cc2)CC1. The molecule has 3 aromatic rings. The summed E-state index contributed by atoms with van der Waals surface area (Å²) >= 11 is 0. The van der Waals surface area contributed by atoms with Gasteiger partial charge in [0.2, 0.25) is 10.0 Å². The largest absolute Gasteiger partial charge is 0.503 e. The number of nitrogens with zero attached hydrogens (tertiary/aromatic N) is 5. The van der Waals surface area contributed by atoms with Gasteiger partial charge in [-0.2, -0.15) is 4.31 Å². The minimum absolute atomic E-state index is 0.00577. The molecule has 148 valence electrons. The second kappa shape index (κ2) is 6.67. The fourth-order valence-electron chi connectivity index (χ4n) is 3.26. The average Bonchev–Trinajstić information content (AvgIpc) is 3.09. The fraction of sp³-hybridized carbons (Fsp3) is 0.294. The number of sulfonamides is 1. The molecule has 1 N–H and O–H groups in total. The monoisotopic (exact) mass is 409 g/mol. The van der Waals surface area contributed by atoms with Crippen molar-refractivity contribution in [3.8, 4) is 11.4 Å². The summed E-state index contributed by atoms with van der Waals surface area (Å²) in [6, 6.07) is 7.94. The van der Waals surface area contributed by atoms with Crippen LogP contribution in [0, 0.1) is 11.6 Å². The molecule has 0 amide bonds. The van der Waals surface area contributed by atoms with Gasteiger partial charge >= 0.3 is 0 Å². The van der Waals surface area contributed by atoms with Crippen molar-refractivity contribution in [2.24, 2.45) is 0 Å². The number of aromatic hydroxyl groups is 1. The van der Waals surface area contributed by atoms with Gasteiger partial charge in [0.15, 0.2) is 17.4 Å². The van der Waals surface area contributed by atoms with Gasteiger partial charge in [0.25, 0.3) is 0 Å². The molecule has 4 rings (SSSR count). The van der Waals surface area contributed by atoms with Gasteiger partial charge in [-0.1, -0.05) is 5.21 Å². The number of anilines is 1. The maximum Gasteiger partial charge on any atom is 0.211 e. The molecular formula is C17H17F2N5O3S. The summed E-state index contributed by atoms with van der Waals surface area (Å²) in [7, 11) is -3.19. The minimum Gasteiger partial charge on any atom is -0.503 e. The van der Waals surface area contributed by atoms with Crippen molar-refractivity contribution in [3.05, 3.63) is 42.0 Å². The Morgan fingerprint density at radius 3 is 2.25 bits per heavy atom. The topological polar surface area (TPSA) is 91.6 Å². The summed E-state index contributed by atoms with van der Waals surface area (Å²) in [4.78, 5) is 2.05. The number of piperazine rings is 1. The van der Waals surface area contributed by atoms with Crippen molar-refractivity contribution in [2.75, 3.05) is 37.3 Å². The van der Waals surface area contributed by atoms with Gasteiger partial charge in [0.1, 0.15) is 11.0 Å². The lowest BCUT2D eigenvalue weighted by atomic mass is 10.2. The molecule has 1 aliphatic heterocycles. The molecule has 11 heteroatoms. The molecule has 0 radical (unpaired) electrons. The van der Waals surface area contributed by atoms with Crippen LogP contribution in [-0.2, 0) is 10.0 Å². The molecule has 8 nitrogen and oxygen atoms in total. The molecule has 1 aromatic heterocycles. The number of hydrogen-bond acceptors (Lipinski definition) is 6. The van der Waals surface area contributed by atoms with Gasteiger partial charge in [-0.25, -0.2) is 21.9 Å². The van der Waals surface area contributed by atoms with E-state index in [-0.39, 0.29) is 11.0 Å². The van der Waals surface area contributed by atoms with Gasteiger partial charge in [0.05, 0.1) is 11.9 Å². The molecule has 1 saturated heterocycles. The van der Waals surface area contributed by atoms with Crippen LogP contribution in [-0.4, -0.2) is 65.3 Å². The first-order valence-electron chi connectivity index (χ1n) is 8.48. The summed E-state index contributed by atoms with van der Waals surface area (Å²) < 4.78 is 53.6. The van der Waals surface area contributed by atoms with E-state index in [1.807, 2.05) is 4.90 Å². The highest BCUT2D eigenvalue weighted by atomic mass is 32.2. The van der Waals surface area contributed by atoms with Gasteiger partial charge in [0, 0.05) is 37.9 Å². The zero-order valence-corrected chi connectivity index (χ0v) is 15.7. The van der Waals surface area contributed by atoms with Crippen molar-refractivity contribution >= 4 is 26.7 Å². The highest BCUT2D eigenvalue weighted by molar-refractivity contribution is 7.88. The zero-order chi connectivity index (χ0) is 20.1. The number of phenolic OH excluding ortho intramolecular Hbond substituents is 1. The molecular weight excluding hydrogens is 392 g/mol. The average molecular weight is 409 g/mol. The highest BCUT2D eigenvalue weighted by Gasteiger charge is 2.24. The number of benzene rings is 2. The van der Waals surface area contributed by atoms with E-state index in [9.17, 15) is 22.3 Å². The summed E-state index contributed by atoms with van der Waals surface area (Å²) in [6.45, 7) is 1.93. The molecule has 0 aliphatic carbocycles. The van der Waals surface area contributed by atoms with Crippen LogP contribution in [0.5, 0.6) is 5.75 Å². The summed E-state index contributed by atoms with van der Waals surface area (Å²) in [5.74, 6) is -3.29. The Balaban J connectivity index is 1.60. The van der Waals surface area contributed by atoms with Gasteiger partial charge < -0.3 is 10.0 Å². The molecule has 0 saturated carbocycles. The van der Waals surface area contributed by atoms with Crippen molar-refractivity contribution in [2.45, 2.75) is 0 Å². The Labute approximate surface area is 159 Å². The number of hydrogen-bond donors (Lipinski definition) is 1. The fourth-order valence-corrected chi connectivity index (χ4v) is 4.09. The van der Waals surface area contributed by atoms with Crippen LogP contribution in [0.1, 0.15) is 0 Å². The summed E-state index contributed by atoms with van der Waals surface area (Å²) in [5, 5.41) is 17.1. The lowest BCUT2D eigenvalue weighted by Gasteiger charge is -2.34. The third-order valence-electron chi connectivity index (χ3n) is 4.77. The van der Waals surface area contributed by atoms with E-state index in [4.69, 9.17) is 0 Å². The van der Waals surface area contributed by atoms with Crippen molar-refractivity contribution < 1.29 is 22.3 Å². The van der Waals surface area contributed by atoms with Gasteiger partial charge in [-0.3, -0.25) is 0 Å². The van der Waals surface area contributed by atoms with E-state index in [1.54, 1.807) is 24.3 Å². The molecule has 0 unspecified atom stereocenters. The van der Waals surface area contributed by atoms with Crippen molar-refractivity contribution in [1.29, 1.82) is 0 Å². The lowest BCUT2D eigenvalue weighted by molar-refractivity contribution is 0.388. The van der Waals surface area contributed by atoms with Gasteiger partial charge in [-0.15, -0.1) is 5.10 Å². The molecule has 0 spiro atoms. The normalized spacial score (nSPS) is 16.0. The van der Waals surface area contributed by atoms with Crippen molar-refractivity contribution in [3.63, 3.8) is 0 Å². The number of rotatable bonds is 3. The number of aromatic nitrogens is 3. The van der Waals surface area contributed by atoms with Crippen LogP contribution in [0.15, 0.2) is 30.3 Å². The van der Waals surface area contributed by atoms with E-state index in [0.717, 1.165) is 11.8 Å². The molecule has 1 fully saturated rings. The molecule has 0 bridgehead atoms. The standard InChI is InChI=1S/C17H17F2N5O3S/c1-28(26,27)23-8-6-22(7-9-23)11-2-4-12(5-3-11)24-16-14(20-21-24)10-13(18)17(25)15(16)19/h2-5,10,25H,6-9H2,1H3. The van der Waals surface area contributed by atoms with E-state index in [0.29, 0.717) is 31.9 Å². The Hall–Kier alpha value is -2.79. The van der Waals surface area contributed by atoms with Crippen LogP contribution in [0.2, 0.25) is 0 Å². The quantitative estimate of drug-likeness (QED) is 0.705. The highest BCUT2D eigenvalue weighted by Crippen LogP contribution is 2.29. The first-order valence-corrected chi connectivity index (χ1v) is 10.3. The second-order valence-electron chi connectivity index (χ2n) is 6.56.